The number of rotatable bonds is 6. The van der Waals surface area contributed by atoms with E-state index in [1.165, 1.54) is 23.1 Å². The van der Waals surface area contributed by atoms with Crippen molar-refractivity contribution in [3.8, 4) is 0 Å². The lowest BCUT2D eigenvalue weighted by atomic mass is 9.94. The van der Waals surface area contributed by atoms with E-state index in [1.54, 1.807) is 50.2 Å². The number of carbonyl (C=O) groups excluding carboxylic acids is 2. The van der Waals surface area contributed by atoms with Gasteiger partial charge in [-0.25, -0.2) is 9.48 Å². The van der Waals surface area contributed by atoms with E-state index in [-0.39, 0.29) is 12.3 Å². The zero-order chi connectivity index (χ0) is 23.5. The molecule has 1 aromatic heterocycles. The molecule has 33 heavy (non-hydrogen) atoms. The number of hydrogen-bond acceptors (Lipinski definition) is 8. The molecule has 0 fully saturated rings. The van der Waals surface area contributed by atoms with Gasteiger partial charge in [0.05, 0.1) is 22.7 Å². The van der Waals surface area contributed by atoms with Crippen molar-refractivity contribution in [2.75, 3.05) is 17.2 Å². The second kappa shape index (κ2) is 8.91. The largest absolute Gasteiger partial charge is 0.462 e. The topological polar surface area (TPSA) is 141 Å². The van der Waals surface area contributed by atoms with Gasteiger partial charge in [0.2, 0.25) is 5.95 Å². The lowest BCUT2D eigenvalue weighted by molar-refractivity contribution is -0.384. The number of nitro groups is 1. The Morgan fingerprint density at radius 1 is 1.24 bits per heavy atom. The third kappa shape index (κ3) is 4.28. The van der Waals surface area contributed by atoms with E-state index in [4.69, 9.17) is 4.74 Å². The molecule has 3 aromatic rings. The highest BCUT2D eigenvalue weighted by Crippen LogP contribution is 2.36. The summed E-state index contributed by atoms with van der Waals surface area (Å²) in [5, 5.41) is 21.4. The van der Waals surface area contributed by atoms with Gasteiger partial charge in [-0.05, 0) is 43.7 Å². The van der Waals surface area contributed by atoms with Gasteiger partial charge < -0.3 is 15.4 Å². The fourth-order valence-electron chi connectivity index (χ4n) is 3.60. The molecule has 1 amide bonds. The van der Waals surface area contributed by atoms with Gasteiger partial charge in [-0.3, -0.25) is 14.9 Å². The van der Waals surface area contributed by atoms with Crippen LogP contribution in [-0.4, -0.2) is 38.2 Å². The highest BCUT2D eigenvalue weighted by Gasteiger charge is 2.34. The van der Waals surface area contributed by atoms with Crippen LogP contribution >= 0.6 is 0 Å². The smallest absolute Gasteiger partial charge is 0.338 e. The van der Waals surface area contributed by atoms with Gasteiger partial charge in [0.25, 0.3) is 11.6 Å². The summed E-state index contributed by atoms with van der Waals surface area (Å²) >= 11 is 0. The van der Waals surface area contributed by atoms with Crippen LogP contribution in [0.25, 0.3) is 0 Å². The lowest BCUT2D eigenvalue weighted by Gasteiger charge is -2.28. The van der Waals surface area contributed by atoms with E-state index in [2.05, 4.69) is 20.7 Å². The minimum atomic E-state index is -0.734. The Balaban J connectivity index is 1.67. The van der Waals surface area contributed by atoms with Crippen LogP contribution in [0.4, 0.5) is 17.3 Å². The third-order valence-corrected chi connectivity index (χ3v) is 5.09. The van der Waals surface area contributed by atoms with Crippen LogP contribution in [0.5, 0.6) is 0 Å². The summed E-state index contributed by atoms with van der Waals surface area (Å²) in [6.07, 6.45) is 1.34. The minimum Gasteiger partial charge on any atom is -0.462 e. The molecule has 2 heterocycles. The lowest BCUT2D eigenvalue weighted by Crippen LogP contribution is -2.31. The normalized spacial score (nSPS) is 14.8. The van der Waals surface area contributed by atoms with E-state index < -0.39 is 22.8 Å². The Kier molecular flexibility index (Phi) is 5.85. The standard InChI is InChI=1S/C22H20N6O5/c1-3-33-21(30)14-7-9-16(10-8-14)26-20(29)18-13(2)25-22-23-12-24-27(22)19(18)15-5-4-6-17(11-15)28(31)32/h4-12,19H,3H2,1-2H3,(H,26,29)(H,23,24,25)/t19-/m1/s1. The predicted octanol–water partition coefficient (Wildman–Crippen LogP) is 3.29. The first-order valence-electron chi connectivity index (χ1n) is 10.1. The number of amides is 1. The molecule has 1 aliphatic rings. The number of fused-ring (bicyclic) bond motifs is 1. The van der Waals surface area contributed by atoms with Crippen LogP contribution in [0.3, 0.4) is 0 Å². The number of carbonyl (C=O) groups is 2. The van der Waals surface area contributed by atoms with Gasteiger partial charge in [0.1, 0.15) is 12.4 Å². The van der Waals surface area contributed by atoms with Crippen LogP contribution in [0, 0.1) is 10.1 Å². The van der Waals surface area contributed by atoms with Crippen molar-refractivity contribution < 1.29 is 19.2 Å². The highest BCUT2D eigenvalue weighted by atomic mass is 16.6. The monoisotopic (exact) mass is 448 g/mol. The molecule has 1 aliphatic heterocycles. The third-order valence-electron chi connectivity index (χ3n) is 5.09. The molecule has 0 saturated heterocycles. The first-order chi connectivity index (χ1) is 15.9. The van der Waals surface area contributed by atoms with E-state index in [1.807, 2.05) is 0 Å². The van der Waals surface area contributed by atoms with Crippen molar-refractivity contribution in [2.45, 2.75) is 19.9 Å². The molecule has 4 rings (SSSR count). The van der Waals surface area contributed by atoms with Gasteiger partial charge in [-0.1, -0.05) is 12.1 Å². The SMILES string of the molecule is CCOC(=O)c1ccc(NC(=O)C2=C(C)Nc3ncnn3[C@@H]2c2cccc([N+](=O)[O-])c2)cc1. The maximum absolute atomic E-state index is 13.3. The molecule has 1 atom stereocenters. The zero-order valence-corrected chi connectivity index (χ0v) is 17.8. The summed E-state index contributed by atoms with van der Waals surface area (Å²) in [5.74, 6) is -0.462. The fourth-order valence-corrected chi connectivity index (χ4v) is 3.60. The van der Waals surface area contributed by atoms with Crippen LogP contribution < -0.4 is 10.6 Å². The summed E-state index contributed by atoms with van der Waals surface area (Å²) in [5.41, 5.74) is 2.11. The quantitative estimate of drug-likeness (QED) is 0.332. The molecule has 0 aliphatic carbocycles. The first kappa shape index (κ1) is 21.7. The molecule has 168 valence electrons. The van der Waals surface area contributed by atoms with E-state index in [0.717, 1.165) is 0 Å². The number of ether oxygens (including phenoxy) is 1. The van der Waals surface area contributed by atoms with Crippen LogP contribution in [0.15, 0.2) is 66.1 Å². The van der Waals surface area contributed by atoms with Gasteiger partial charge >= 0.3 is 5.97 Å². The molecule has 0 unspecified atom stereocenters. The number of nitrogens with zero attached hydrogens (tertiary/aromatic N) is 4. The molecule has 0 spiro atoms. The van der Waals surface area contributed by atoms with Crippen molar-refractivity contribution in [1.82, 2.24) is 14.8 Å². The number of hydrogen-bond donors (Lipinski definition) is 2. The second-order valence-corrected chi connectivity index (χ2v) is 7.20. The predicted molar refractivity (Wildman–Crippen MR) is 119 cm³/mol. The number of anilines is 2. The van der Waals surface area contributed by atoms with Gasteiger partial charge in [0, 0.05) is 23.5 Å². The van der Waals surface area contributed by atoms with Crippen LogP contribution in [-0.2, 0) is 9.53 Å². The first-order valence-corrected chi connectivity index (χ1v) is 10.1. The summed E-state index contributed by atoms with van der Waals surface area (Å²) in [6, 6.07) is 11.6. The van der Waals surface area contributed by atoms with Crippen molar-refractivity contribution in [3.63, 3.8) is 0 Å². The number of nitrogens with one attached hydrogen (secondary N) is 2. The summed E-state index contributed by atoms with van der Waals surface area (Å²) in [6.45, 7) is 3.71. The zero-order valence-electron chi connectivity index (χ0n) is 17.8. The molecular formula is C22H20N6O5. The van der Waals surface area contributed by atoms with Gasteiger partial charge in [0.15, 0.2) is 0 Å². The maximum atomic E-state index is 13.3. The Bertz CT molecular complexity index is 1260. The molecule has 2 aromatic carbocycles. The van der Waals surface area contributed by atoms with Crippen molar-refractivity contribution in [3.05, 3.63) is 87.4 Å². The van der Waals surface area contributed by atoms with Gasteiger partial charge in [-0.15, -0.1) is 0 Å². The molecule has 2 N–H and O–H groups in total. The van der Waals surface area contributed by atoms with Gasteiger partial charge in [-0.2, -0.15) is 10.1 Å². The molecular weight excluding hydrogens is 428 g/mol. The molecule has 0 radical (unpaired) electrons. The summed E-state index contributed by atoms with van der Waals surface area (Å²) in [4.78, 5) is 40.2. The summed E-state index contributed by atoms with van der Waals surface area (Å²) < 4.78 is 6.47. The second-order valence-electron chi connectivity index (χ2n) is 7.20. The van der Waals surface area contributed by atoms with E-state index >= 15 is 0 Å². The number of non-ortho nitro benzene ring substituents is 1. The van der Waals surface area contributed by atoms with E-state index in [0.29, 0.717) is 34.0 Å². The molecule has 11 heteroatoms. The molecule has 0 saturated carbocycles. The number of benzene rings is 2. The highest BCUT2D eigenvalue weighted by molar-refractivity contribution is 6.06. The van der Waals surface area contributed by atoms with Crippen LogP contribution in [0.1, 0.15) is 35.8 Å². The average Bonchev–Trinajstić information content (AvgIpc) is 3.26. The maximum Gasteiger partial charge on any atom is 0.338 e. The Hall–Kier alpha value is -4.54. The van der Waals surface area contributed by atoms with Crippen LogP contribution in [0.2, 0.25) is 0 Å². The molecule has 11 nitrogen and oxygen atoms in total. The fraction of sp³-hybridized carbons (Fsp3) is 0.182. The number of allylic oxidation sites excluding steroid dienone is 1. The Morgan fingerprint density at radius 3 is 2.70 bits per heavy atom. The number of esters is 1. The van der Waals surface area contributed by atoms with Crippen molar-refractivity contribution >= 4 is 29.2 Å². The summed E-state index contributed by atoms with van der Waals surface area (Å²) in [7, 11) is 0. The minimum absolute atomic E-state index is 0.0975. The number of nitro benzene ring substituents is 1. The number of aromatic nitrogens is 3. The van der Waals surface area contributed by atoms with E-state index in [9.17, 15) is 19.7 Å². The molecule has 0 bridgehead atoms. The van der Waals surface area contributed by atoms with Crippen molar-refractivity contribution in [2.24, 2.45) is 0 Å². The average molecular weight is 448 g/mol. The Morgan fingerprint density at radius 2 is 2.00 bits per heavy atom. The Labute approximate surface area is 188 Å². The van der Waals surface area contributed by atoms with Crippen molar-refractivity contribution in [1.29, 1.82) is 0 Å².